The molecule has 0 aromatic heterocycles. The lowest BCUT2D eigenvalue weighted by Gasteiger charge is -2.22. The molecule has 1 fully saturated rings. The molecule has 2 aliphatic rings. The fourth-order valence-electron chi connectivity index (χ4n) is 5.26. The van der Waals surface area contributed by atoms with Crippen LogP contribution in [0.3, 0.4) is 0 Å². The first kappa shape index (κ1) is 26.2. The van der Waals surface area contributed by atoms with Crippen molar-refractivity contribution in [2.45, 2.75) is 63.7 Å². The monoisotopic (exact) mass is 527 g/mol. The highest BCUT2D eigenvalue weighted by atomic mass is 35.5. The zero-order chi connectivity index (χ0) is 25.7. The van der Waals surface area contributed by atoms with Gasteiger partial charge >= 0.3 is 0 Å². The van der Waals surface area contributed by atoms with Gasteiger partial charge in [-0.3, -0.25) is 0 Å². The average molecular weight is 528 g/mol. The molecule has 5 rings (SSSR count). The number of anilines is 1. The lowest BCUT2D eigenvalue weighted by Crippen LogP contribution is -2.17. The molecule has 1 N–H and O–H groups in total. The molecule has 1 aliphatic heterocycles. The van der Waals surface area contributed by atoms with Crippen LogP contribution >= 0.6 is 23.4 Å². The van der Waals surface area contributed by atoms with E-state index >= 15 is 0 Å². The number of hydrogen-bond donors (Lipinski definition) is 1. The van der Waals surface area contributed by atoms with Crippen LogP contribution in [-0.2, 0) is 12.8 Å². The predicted molar refractivity (Wildman–Crippen MR) is 165 cm³/mol. The molecular weight excluding hydrogens is 490 g/mol. The summed E-state index contributed by atoms with van der Waals surface area (Å²) < 4.78 is 0. The first-order chi connectivity index (χ1) is 18.1. The molecule has 0 amide bonds. The number of rotatable bonds is 11. The minimum atomic E-state index is 0.157. The van der Waals surface area contributed by atoms with Crippen molar-refractivity contribution in [3.05, 3.63) is 112 Å². The predicted octanol–water partition coefficient (Wildman–Crippen LogP) is 10.0. The third kappa shape index (κ3) is 6.72. The molecule has 0 bridgehead atoms. The number of fused-ring (bicyclic) bond motifs is 1. The topological polar surface area (TPSA) is 12.0 Å². The number of nitrogens with one attached hydrogen (secondary N) is 1. The summed E-state index contributed by atoms with van der Waals surface area (Å²) in [6, 6.07) is 24.3. The third-order valence-corrected chi connectivity index (χ3v) is 10.00. The lowest BCUT2D eigenvalue weighted by atomic mass is 9.97. The Morgan fingerprint density at radius 1 is 1.03 bits per heavy atom. The normalized spacial score (nSPS) is 18.4. The number of halogens is 1. The zero-order valence-corrected chi connectivity index (χ0v) is 23.6. The van der Waals surface area contributed by atoms with Gasteiger partial charge in [0.1, 0.15) is 0 Å². The summed E-state index contributed by atoms with van der Waals surface area (Å²) in [5, 5.41) is 4.86. The highest BCUT2D eigenvalue weighted by molar-refractivity contribution is 7.99. The SMILES string of the molecule is CCc1ccccc1CC[C@@H](SCC1(CC)CC1)c1cccc(/C=C/C2C=Cc3ccc(Cl)cc3N2)c1. The molecule has 3 heteroatoms. The van der Waals surface area contributed by atoms with Gasteiger partial charge in [0.25, 0.3) is 0 Å². The van der Waals surface area contributed by atoms with Gasteiger partial charge in [-0.15, -0.1) is 0 Å². The Hall–Kier alpha value is -2.42. The Kier molecular flexibility index (Phi) is 8.47. The Balaban J connectivity index is 1.30. The summed E-state index contributed by atoms with van der Waals surface area (Å²) in [7, 11) is 0. The van der Waals surface area contributed by atoms with Crippen molar-refractivity contribution in [3.63, 3.8) is 0 Å². The largest absolute Gasteiger partial charge is 0.375 e. The molecule has 192 valence electrons. The molecule has 0 radical (unpaired) electrons. The maximum atomic E-state index is 6.21. The standard InChI is InChI=1S/C34H38ClNS/c1-3-26-9-5-6-10-27(26)15-19-33(37-24-34(4-2)20-21-34)29-11-7-8-25(22-29)12-17-31-18-14-28-13-16-30(35)23-32(28)36-31/h5-14,16-18,22-23,31,33,36H,3-4,15,19-21,24H2,1-2H3/b17-12+/t31?,33-/m1/s1. The second-order valence-corrected chi connectivity index (χ2v) is 12.2. The van der Waals surface area contributed by atoms with Gasteiger partial charge < -0.3 is 5.32 Å². The Bertz CT molecular complexity index is 1270. The first-order valence-electron chi connectivity index (χ1n) is 13.8. The zero-order valence-electron chi connectivity index (χ0n) is 22.1. The first-order valence-corrected chi connectivity index (χ1v) is 15.2. The van der Waals surface area contributed by atoms with Gasteiger partial charge in [-0.1, -0.05) is 104 Å². The maximum Gasteiger partial charge on any atom is 0.0635 e. The highest BCUT2D eigenvalue weighted by Gasteiger charge is 2.40. The number of hydrogen-bond acceptors (Lipinski definition) is 2. The van der Waals surface area contributed by atoms with Gasteiger partial charge in [-0.25, -0.2) is 0 Å². The van der Waals surface area contributed by atoms with Gasteiger partial charge in [-0.05, 0) is 89.6 Å². The second kappa shape index (κ2) is 12.0. The molecule has 0 spiro atoms. The maximum absolute atomic E-state index is 6.21. The Morgan fingerprint density at radius 3 is 2.65 bits per heavy atom. The third-order valence-electron chi connectivity index (χ3n) is 8.07. The smallest absolute Gasteiger partial charge is 0.0635 e. The highest BCUT2D eigenvalue weighted by Crippen LogP contribution is 2.53. The summed E-state index contributed by atoms with van der Waals surface area (Å²) in [5.41, 5.74) is 8.59. The summed E-state index contributed by atoms with van der Waals surface area (Å²) in [6.45, 7) is 4.63. The van der Waals surface area contributed by atoms with Gasteiger partial charge in [0, 0.05) is 16.0 Å². The van der Waals surface area contributed by atoms with E-state index in [0.29, 0.717) is 10.7 Å². The van der Waals surface area contributed by atoms with Crippen LogP contribution in [0, 0.1) is 5.41 Å². The van der Waals surface area contributed by atoms with Crippen LogP contribution in [0.5, 0.6) is 0 Å². The van der Waals surface area contributed by atoms with Crippen LogP contribution in [0.4, 0.5) is 5.69 Å². The minimum absolute atomic E-state index is 0.157. The van der Waals surface area contributed by atoms with E-state index in [1.807, 2.05) is 12.1 Å². The van der Waals surface area contributed by atoms with Gasteiger partial charge in [0.2, 0.25) is 0 Å². The Morgan fingerprint density at radius 2 is 1.86 bits per heavy atom. The van der Waals surface area contributed by atoms with Crippen molar-refractivity contribution >= 4 is 41.2 Å². The fraction of sp³-hybridized carbons (Fsp3) is 0.353. The van der Waals surface area contributed by atoms with E-state index < -0.39 is 0 Å². The molecule has 2 atom stereocenters. The molecule has 1 unspecified atom stereocenters. The van der Waals surface area contributed by atoms with Gasteiger partial charge in [0.15, 0.2) is 0 Å². The van der Waals surface area contributed by atoms with E-state index in [4.69, 9.17) is 11.6 Å². The van der Waals surface area contributed by atoms with Gasteiger partial charge in [0.05, 0.1) is 6.04 Å². The average Bonchev–Trinajstić information content (AvgIpc) is 3.72. The van der Waals surface area contributed by atoms with E-state index in [-0.39, 0.29) is 6.04 Å². The molecule has 37 heavy (non-hydrogen) atoms. The summed E-state index contributed by atoms with van der Waals surface area (Å²) in [5.74, 6) is 1.28. The molecule has 1 aliphatic carbocycles. The van der Waals surface area contributed by atoms with Crippen LogP contribution < -0.4 is 5.32 Å². The molecule has 3 aromatic rings. The lowest BCUT2D eigenvalue weighted by molar-refractivity contribution is 0.560. The van der Waals surface area contributed by atoms with Crippen molar-refractivity contribution < 1.29 is 0 Å². The van der Waals surface area contributed by atoms with Crippen molar-refractivity contribution in [3.8, 4) is 0 Å². The van der Waals surface area contributed by atoms with E-state index in [9.17, 15) is 0 Å². The number of benzene rings is 3. The van der Waals surface area contributed by atoms with Crippen molar-refractivity contribution in [2.24, 2.45) is 5.41 Å². The molecule has 1 heterocycles. The number of aryl methyl sites for hydroxylation is 2. The van der Waals surface area contributed by atoms with Crippen LogP contribution in [0.1, 0.15) is 72.6 Å². The van der Waals surface area contributed by atoms with E-state index in [1.165, 1.54) is 59.3 Å². The van der Waals surface area contributed by atoms with Crippen molar-refractivity contribution in [2.75, 3.05) is 11.1 Å². The Labute approximate surface area is 232 Å². The van der Waals surface area contributed by atoms with E-state index in [2.05, 4.69) is 110 Å². The number of thioether (sulfide) groups is 1. The van der Waals surface area contributed by atoms with Crippen LogP contribution in [0.25, 0.3) is 12.2 Å². The summed E-state index contributed by atoms with van der Waals surface area (Å²) >= 11 is 8.40. The van der Waals surface area contributed by atoms with Crippen molar-refractivity contribution in [1.29, 1.82) is 0 Å². The van der Waals surface area contributed by atoms with Crippen molar-refractivity contribution in [1.82, 2.24) is 0 Å². The molecular formula is C34H38ClNS. The van der Waals surface area contributed by atoms with E-state index in [0.717, 1.165) is 23.6 Å². The molecule has 3 aromatic carbocycles. The molecule has 1 saturated carbocycles. The van der Waals surface area contributed by atoms with Crippen LogP contribution in [-0.4, -0.2) is 11.8 Å². The molecule has 0 saturated heterocycles. The molecule has 1 nitrogen and oxygen atoms in total. The fourth-order valence-corrected chi connectivity index (χ4v) is 7.10. The minimum Gasteiger partial charge on any atom is -0.375 e. The van der Waals surface area contributed by atoms with Gasteiger partial charge in [-0.2, -0.15) is 11.8 Å². The summed E-state index contributed by atoms with van der Waals surface area (Å²) in [6.07, 6.45) is 16.4. The van der Waals surface area contributed by atoms with E-state index in [1.54, 1.807) is 0 Å². The van der Waals surface area contributed by atoms with Crippen LogP contribution in [0.15, 0.2) is 78.9 Å². The summed E-state index contributed by atoms with van der Waals surface area (Å²) in [4.78, 5) is 0. The quantitative estimate of drug-likeness (QED) is 0.266. The second-order valence-electron chi connectivity index (χ2n) is 10.6. The van der Waals surface area contributed by atoms with Crippen LogP contribution in [0.2, 0.25) is 5.02 Å².